The Morgan fingerprint density at radius 3 is 2.56 bits per heavy atom. The average Bonchev–Trinajstić information content (AvgIpc) is 2.35. The molecule has 3 N–H and O–H groups in total. The monoisotopic (exact) mass is 224 g/mol. The largest absolute Gasteiger partial charge is 0.497 e. The van der Waals surface area contributed by atoms with E-state index in [0.29, 0.717) is 6.54 Å². The average molecular weight is 224 g/mol. The minimum atomic E-state index is 0.190. The summed E-state index contributed by atoms with van der Waals surface area (Å²) in [6.07, 6.45) is 0.861. The maximum atomic E-state index is 5.59. The number of ether oxygens (including phenoxy) is 2. The minimum Gasteiger partial charge on any atom is -0.497 e. The fourth-order valence-electron chi connectivity index (χ4n) is 1.73. The first-order chi connectivity index (χ1) is 7.76. The highest BCUT2D eigenvalue weighted by Gasteiger charge is 2.14. The Bertz CT molecular complexity index is 329. The van der Waals surface area contributed by atoms with Crippen LogP contribution >= 0.6 is 0 Å². The first-order valence-corrected chi connectivity index (χ1v) is 5.36. The van der Waals surface area contributed by atoms with E-state index in [1.807, 2.05) is 25.2 Å². The summed E-state index contributed by atoms with van der Waals surface area (Å²) in [6, 6.07) is 5.97. The Labute approximate surface area is 96.7 Å². The van der Waals surface area contributed by atoms with E-state index >= 15 is 0 Å². The molecule has 4 nitrogen and oxygen atoms in total. The molecule has 0 saturated carbocycles. The van der Waals surface area contributed by atoms with Gasteiger partial charge in [0.1, 0.15) is 11.5 Å². The second kappa shape index (κ2) is 6.35. The van der Waals surface area contributed by atoms with Gasteiger partial charge in [0.25, 0.3) is 0 Å². The maximum absolute atomic E-state index is 5.59. The molecule has 0 aliphatic carbocycles. The molecule has 0 saturated heterocycles. The summed E-state index contributed by atoms with van der Waals surface area (Å²) < 4.78 is 10.6. The second-order valence-electron chi connectivity index (χ2n) is 3.53. The van der Waals surface area contributed by atoms with Gasteiger partial charge in [-0.3, -0.25) is 0 Å². The number of benzene rings is 1. The molecule has 1 rings (SSSR count). The van der Waals surface area contributed by atoms with Crippen LogP contribution in [0.4, 0.5) is 0 Å². The molecule has 0 aromatic heterocycles. The Kier molecular flexibility index (Phi) is 5.08. The second-order valence-corrected chi connectivity index (χ2v) is 3.53. The van der Waals surface area contributed by atoms with Crippen LogP contribution in [0, 0.1) is 0 Å². The molecule has 90 valence electrons. The number of nitrogens with one attached hydrogen (secondary N) is 1. The summed E-state index contributed by atoms with van der Waals surface area (Å²) in [4.78, 5) is 0. The number of hydrogen-bond acceptors (Lipinski definition) is 4. The summed E-state index contributed by atoms with van der Waals surface area (Å²) in [5, 5.41) is 3.23. The topological polar surface area (TPSA) is 56.5 Å². The molecule has 1 unspecified atom stereocenters. The first-order valence-electron chi connectivity index (χ1n) is 5.36. The molecule has 16 heavy (non-hydrogen) atoms. The molecular weight excluding hydrogens is 204 g/mol. The Balaban J connectivity index is 3.05. The van der Waals surface area contributed by atoms with Crippen LogP contribution in [0.1, 0.15) is 18.0 Å². The summed E-state index contributed by atoms with van der Waals surface area (Å²) in [6.45, 7) is 0.631. The van der Waals surface area contributed by atoms with Gasteiger partial charge in [0.15, 0.2) is 0 Å². The van der Waals surface area contributed by atoms with E-state index < -0.39 is 0 Å². The molecule has 0 amide bonds. The molecule has 0 aliphatic heterocycles. The molecule has 1 aromatic carbocycles. The molecule has 0 bridgehead atoms. The fraction of sp³-hybridized carbons (Fsp3) is 0.500. The number of rotatable bonds is 6. The fourth-order valence-corrected chi connectivity index (χ4v) is 1.73. The Morgan fingerprint density at radius 2 is 2.06 bits per heavy atom. The number of hydrogen-bond donors (Lipinski definition) is 2. The lowest BCUT2D eigenvalue weighted by atomic mass is 10.0. The molecule has 0 heterocycles. The Morgan fingerprint density at radius 1 is 1.31 bits per heavy atom. The molecular formula is C12H20N2O2. The van der Waals surface area contributed by atoms with Crippen molar-refractivity contribution in [2.24, 2.45) is 5.73 Å². The smallest absolute Gasteiger partial charge is 0.123 e. The van der Waals surface area contributed by atoms with Crippen molar-refractivity contribution in [1.29, 1.82) is 0 Å². The predicted molar refractivity (Wildman–Crippen MR) is 65.0 cm³/mol. The molecule has 0 fully saturated rings. The van der Waals surface area contributed by atoms with Crippen LogP contribution in [0.25, 0.3) is 0 Å². The zero-order valence-corrected chi connectivity index (χ0v) is 10.1. The summed E-state index contributed by atoms with van der Waals surface area (Å²) in [5.41, 5.74) is 6.67. The molecule has 1 aromatic rings. The van der Waals surface area contributed by atoms with E-state index in [1.54, 1.807) is 14.2 Å². The van der Waals surface area contributed by atoms with E-state index in [0.717, 1.165) is 23.5 Å². The van der Waals surface area contributed by atoms with Gasteiger partial charge in [-0.25, -0.2) is 0 Å². The van der Waals surface area contributed by atoms with Crippen molar-refractivity contribution in [2.45, 2.75) is 12.5 Å². The van der Waals surface area contributed by atoms with E-state index in [1.165, 1.54) is 0 Å². The zero-order chi connectivity index (χ0) is 12.0. The molecule has 0 spiro atoms. The van der Waals surface area contributed by atoms with Crippen LogP contribution in [-0.4, -0.2) is 27.8 Å². The highest BCUT2D eigenvalue weighted by Crippen LogP contribution is 2.30. The normalized spacial score (nSPS) is 12.2. The molecule has 0 radical (unpaired) electrons. The van der Waals surface area contributed by atoms with Crippen molar-refractivity contribution in [3.8, 4) is 11.5 Å². The third kappa shape index (κ3) is 2.87. The van der Waals surface area contributed by atoms with Crippen LogP contribution < -0.4 is 20.5 Å². The molecule has 1 atom stereocenters. The lowest BCUT2D eigenvalue weighted by molar-refractivity contribution is 0.389. The predicted octanol–water partition coefficient (Wildman–Crippen LogP) is 1.31. The minimum absolute atomic E-state index is 0.190. The van der Waals surface area contributed by atoms with Crippen LogP contribution in [0.5, 0.6) is 11.5 Å². The van der Waals surface area contributed by atoms with Crippen molar-refractivity contribution >= 4 is 0 Å². The number of methoxy groups -OCH3 is 2. The van der Waals surface area contributed by atoms with Gasteiger partial charge in [-0.15, -0.1) is 0 Å². The summed E-state index contributed by atoms with van der Waals surface area (Å²) in [5.74, 6) is 1.68. The third-order valence-electron chi connectivity index (χ3n) is 2.62. The Hall–Kier alpha value is -1.26. The van der Waals surface area contributed by atoms with Crippen LogP contribution in [0.15, 0.2) is 18.2 Å². The SMILES string of the molecule is CNC(CCN)c1cc(OC)ccc1OC. The van der Waals surface area contributed by atoms with Gasteiger partial charge in [-0.05, 0) is 38.2 Å². The van der Waals surface area contributed by atoms with Gasteiger partial charge in [-0.1, -0.05) is 0 Å². The highest BCUT2D eigenvalue weighted by atomic mass is 16.5. The van der Waals surface area contributed by atoms with Crippen molar-refractivity contribution in [3.05, 3.63) is 23.8 Å². The van der Waals surface area contributed by atoms with Gasteiger partial charge in [0.2, 0.25) is 0 Å². The van der Waals surface area contributed by atoms with Crippen molar-refractivity contribution in [1.82, 2.24) is 5.32 Å². The van der Waals surface area contributed by atoms with Gasteiger partial charge >= 0.3 is 0 Å². The van der Waals surface area contributed by atoms with Crippen LogP contribution in [0.2, 0.25) is 0 Å². The third-order valence-corrected chi connectivity index (χ3v) is 2.62. The van der Waals surface area contributed by atoms with Gasteiger partial charge < -0.3 is 20.5 Å². The zero-order valence-electron chi connectivity index (χ0n) is 10.1. The number of nitrogens with two attached hydrogens (primary N) is 1. The van der Waals surface area contributed by atoms with Gasteiger partial charge in [0, 0.05) is 11.6 Å². The summed E-state index contributed by atoms with van der Waals surface area (Å²) >= 11 is 0. The molecule has 4 heteroatoms. The van der Waals surface area contributed by atoms with Crippen molar-refractivity contribution in [2.75, 3.05) is 27.8 Å². The standard InChI is InChI=1S/C12H20N2O2/c1-14-11(6-7-13)10-8-9(15-2)4-5-12(10)16-3/h4-5,8,11,14H,6-7,13H2,1-3H3. The summed E-state index contributed by atoms with van der Waals surface area (Å²) in [7, 11) is 5.24. The van der Waals surface area contributed by atoms with Crippen molar-refractivity contribution < 1.29 is 9.47 Å². The van der Waals surface area contributed by atoms with Gasteiger partial charge in [-0.2, -0.15) is 0 Å². The van der Waals surface area contributed by atoms with Gasteiger partial charge in [0.05, 0.1) is 14.2 Å². The van der Waals surface area contributed by atoms with Crippen LogP contribution in [-0.2, 0) is 0 Å². The quantitative estimate of drug-likeness (QED) is 0.765. The van der Waals surface area contributed by atoms with Crippen LogP contribution in [0.3, 0.4) is 0 Å². The van der Waals surface area contributed by atoms with E-state index in [9.17, 15) is 0 Å². The van der Waals surface area contributed by atoms with E-state index in [-0.39, 0.29) is 6.04 Å². The highest BCUT2D eigenvalue weighted by molar-refractivity contribution is 5.42. The lowest BCUT2D eigenvalue weighted by Crippen LogP contribution is -2.20. The first kappa shape index (κ1) is 12.8. The molecule has 0 aliphatic rings. The van der Waals surface area contributed by atoms with E-state index in [2.05, 4.69) is 5.32 Å². The van der Waals surface area contributed by atoms with Crippen molar-refractivity contribution in [3.63, 3.8) is 0 Å². The lowest BCUT2D eigenvalue weighted by Gasteiger charge is -2.19. The maximum Gasteiger partial charge on any atom is 0.123 e. The van der Waals surface area contributed by atoms with E-state index in [4.69, 9.17) is 15.2 Å².